The highest BCUT2D eigenvalue weighted by Crippen LogP contribution is 2.25. The topological polar surface area (TPSA) is 89.9 Å². The maximum Gasteiger partial charge on any atom is 0.253 e. The van der Waals surface area contributed by atoms with Crippen LogP contribution < -0.4 is 0 Å². The molecule has 152 valence electrons. The Hall–Kier alpha value is -3.03. The van der Waals surface area contributed by atoms with E-state index in [0.717, 1.165) is 24.9 Å². The summed E-state index contributed by atoms with van der Waals surface area (Å²) >= 11 is 0. The number of likely N-dealkylation sites (tertiary alicyclic amines) is 1. The van der Waals surface area contributed by atoms with E-state index in [2.05, 4.69) is 41.2 Å². The van der Waals surface area contributed by atoms with Gasteiger partial charge in [-0.25, -0.2) is 4.68 Å². The third kappa shape index (κ3) is 4.06. The lowest BCUT2D eigenvalue weighted by atomic mass is 9.86. The van der Waals surface area contributed by atoms with Crippen molar-refractivity contribution >= 4 is 5.91 Å². The van der Waals surface area contributed by atoms with Gasteiger partial charge in [0, 0.05) is 25.6 Å². The average molecular weight is 394 g/mol. The summed E-state index contributed by atoms with van der Waals surface area (Å²) < 4.78 is 6.82. The molecule has 0 unspecified atom stereocenters. The smallest absolute Gasteiger partial charge is 0.253 e. The number of aromatic nitrogens is 5. The molecular formula is C21H26N6O2. The van der Waals surface area contributed by atoms with Gasteiger partial charge in [-0.2, -0.15) is 4.98 Å². The highest BCUT2D eigenvalue weighted by atomic mass is 16.5. The quantitative estimate of drug-likeness (QED) is 0.676. The number of piperidine rings is 1. The molecule has 1 aliphatic rings. The summed E-state index contributed by atoms with van der Waals surface area (Å²) in [6.07, 6.45) is 3.69. The third-order valence-corrected chi connectivity index (χ3v) is 5.32. The van der Waals surface area contributed by atoms with E-state index in [1.54, 1.807) is 6.92 Å². The van der Waals surface area contributed by atoms with Gasteiger partial charge in [0.15, 0.2) is 5.69 Å². The first-order chi connectivity index (χ1) is 13.8. The number of hydrogen-bond acceptors (Lipinski definition) is 6. The minimum absolute atomic E-state index is 0.0595. The maximum atomic E-state index is 13.0. The Kier molecular flexibility index (Phi) is 4.94. The van der Waals surface area contributed by atoms with E-state index in [0.29, 0.717) is 24.0 Å². The predicted octanol–water partition coefficient (Wildman–Crippen LogP) is 3.41. The number of benzene rings is 1. The molecule has 3 heterocycles. The van der Waals surface area contributed by atoms with E-state index in [-0.39, 0.29) is 17.4 Å². The van der Waals surface area contributed by atoms with Crippen LogP contribution in [0.15, 0.2) is 35.0 Å². The molecule has 0 radical (unpaired) electrons. The van der Waals surface area contributed by atoms with E-state index >= 15 is 0 Å². The lowest BCUT2D eigenvalue weighted by Crippen LogP contribution is -2.40. The molecule has 8 heteroatoms. The zero-order chi connectivity index (χ0) is 20.6. The van der Waals surface area contributed by atoms with E-state index in [4.69, 9.17) is 4.52 Å². The van der Waals surface area contributed by atoms with E-state index < -0.39 is 0 Å². The molecule has 1 amide bonds. The Bertz CT molecular complexity index is 999. The van der Waals surface area contributed by atoms with Crippen LogP contribution >= 0.6 is 0 Å². The number of aryl methyl sites for hydroxylation is 1. The van der Waals surface area contributed by atoms with Crippen molar-refractivity contribution in [3.8, 4) is 11.5 Å². The van der Waals surface area contributed by atoms with E-state index in [9.17, 15) is 4.79 Å². The van der Waals surface area contributed by atoms with Crippen molar-refractivity contribution in [1.82, 2.24) is 30.0 Å². The van der Waals surface area contributed by atoms with Gasteiger partial charge >= 0.3 is 0 Å². The van der Waals surface area contributed by atoms with Crippen LogP contribution in [-0.4, -0.2) is 49.0 Å². The molecule has 1 aliphatic heterocycles. The normalized spacial score (nSPS) is 17.5. The second-order valence-electron chi connectivity index (χ2n) is 8.60. The summed E-state index contributed by atoms with van der Waals surface area (Å²) in [5, 5.41) is 12.3. The van der Waals surface area contributed by atoms with Crippen LogP contribution in [0.5, 0.6) is 0 Å². The van der Waals surface area contributed by atoms with Gasteiger partial charge < -0.3 is 9.42 Å². The first kappa shape index (κ1) is 19.3. The highest BCUT2D eigenvalue weighted by Gasteiger charge is 2.27. The summed E-state index contributed by atoms with van der Waals surface area (Å²) in [4.78, 5) is 19.1. The second kappa shape index (κ2) is 7.42. The van der Waals surface area contributed by atoms with Crippen LogP contribution in [0.3, 0.4) is 0 Å². The lowest BCUT2D eigenvalue weighted by molar-refractivity contribution is 0.0672. The van der Waals surface area contributed by atoms with Gasteiger partial charge in [0.25, 0.3) is 5.91 Å². The molecule has 2 aromatic heterocycles. The minimum Gasteiger partial charge on any atom is -0.339 e. The molecule has 1 saturated heterocycles. The van der Waals surface area contributed by atoms with Crippen molar-refractivity contribution in [2.75, 3.05) is 13.1 Å². The van der Waals surface area contributed by atoms with E-state index in [1.165, 1.54) is 5.56 Å². The molecule has 8 nitrogen and oxygen atoms in total. The first-order valence-electron chi connectivity index (χ1n) is 9.93. The molecule has 1 atom stereocenters. The van der Waals surface area contributed by atoms with Crippen LogP contribution in [0, 0.1) is 6.92 Å². The van der Waals surface area contributed by atoms with Gasteiger partial charge in [-0.3, -0.25) is 4.79 Å². The second-order valence-corrected chi connectivity index (χ2v) is 8.60. The van der Waals surface area contributed by atoms with Crippen LogP contribution in [-0.2, 0) is 5.41 Å². The van der Waals surface area contributed by atoms with Gasteiger partial charge in [0.1, 0.15) is 0 Å². The van der Waals surface area contributed by atoms with Crippen molar-refractivity contribution in [3.63, 3.8) is 0 Å². The molecule has 0 saturated carbocycles. The van der Waals surface area contributed by atoms with Crippen molar-refractivity contribution in [3.05, 3.63) is 47.5 Å². The molecular weight excluding hydrogens is 368 g/mol. The van der Waals surface area contributed by atoms with Crippen LogP contribution in [0.1, 0.15) is 61.5 Å². The number of carbonyl (C=O) groups excluding carboxylic acids is 1. The largest absolute Gasteiger partial charge is 0.339 e. The molecule has 0 aliphatic carbocycles. The number of hydrogen-bond donors (Lipinski definition) is 0. The Morgan fingerprint density at radius 2 is 1.97 bits per heavy atom. The van der Waals surface area contributed by atoms with Gasteiger partial charge in [0.05, 0.1) is 12.2 Å². The summed E-state index contributed by atoms with van der Waals surface area (Å²) in [6.45, 7) is 9.60. The van der Waals surface area contributed by atoms with Gasteiger partial charge in [0.2, 0.25) is 11.7 Å². The SMILES string of the molecule is Cc1nc(-c2cn([C@@H]3CCCN(C(=O)c4ccc(C(C)(C)C)cc4)C3)nn2)no1. The highest BCUT2D eigenvalue weighted by molar-refractivity contribution is 5.94. The van der Waals surface area contributed by atoms with Crippen LogP contribution in [0.4, 0.5) is 0 Å². The molecule has 3 aromatic rings. The zero-order valence-electron chi connectivity index (χ0n) is 17.3. The average Bonchev–Trinajstić information content (AvgIpc) is 3.36. The summed E-state index contributed by atoms with van der Waals surface area (Å²) in [5.74, 6) is 0.974. The lowest BCUT2D eigenvalue weighted by Gasteiger charge is -2.32. The Morgan fingerprint density at radius 1 is 1.21 bits per heavy atom. The number of carbonyl (C=O) groups is 1. The number of nitrogens with zero attached hydrogens (tertiary/aromatic N) is 6. The maximum absolute atomic E-state index is 13.0. The molecule has 29 heavy (non-hydrogen) atoms. The van der Waals surface area contributed by atoms with Gasteiger partial charge in [-0.1, -0.05) is 43.3 Å². The Balaban J connectivity index is 1.47. The standard InChI is InChI=1S/C21H26N6O2/c1-14-22-19(24-29-14)18-13-27(25-23-18)17-6-5-11-26(12-17)20(28)15-7-9-16(10-8-15)21(2,3)4/h7-10,13,17H,5-6,11-12H2,1-4H3/t17-/m1/s1. The molecule has 1 fully saturated rings. The zero-order valence-corrected chi connectivity index (χ0v) is 17.3. The first-order valence-corrected chi connectivity index (χ1v) is 9.93. The van der Waals surface area contributed by atoms with Crippen molar-refractivity contribution in [2.45, 2.75) is 52.0 Å². The van der Waals surface area contributed by atoms with Crippen molar-refractivity contribution in [1.29, 1.82) is 0 Å². The summed E-state index contributed by atoms with van der Waals surface area (Å²) in [6, 6.07) is 8.03. The van der Waals surface area contributed by atoms with Crippen LogP contribution in [0.25, 0.3) is 11.5 Å². The Morgan fingerprint density at radius 3 is 2.62 bits per heavy atom. The van der Waals surface area contributed by atoms with Crippen molar-refractivity contribution < 1.29 is 9.32 Å². The predicted molar refractivity (Wildman–Crippen MR) is 107 cm³/mol. The third-order valence-electron chi connectivity index (χ3n) is 5.32. The summed E-state index contributed by atoms with van der Waals surface area (Å²) in [5.41, 5.74) is 2.58. The fourth-order valence-corrected chi connectivity index (χ4v) is 3.61. The molecule has 1 aromatic carbocycles. The van der Waals surface area contributed by atoms with Gasteiger partial charge in [-0.15, -0.1) is 5.10 Å². The summed E-state index contributed by atoms with van der Waals surface area (Å²) in [7, 11) is 0. The minimum atomic E-state index is 0.0595. The molecule has 0 spiro atoms. The van der Waals surface area contributed by atoms with Crippen LogP contribution in [0.2, 0.25) is 0 Å². The molecule has 0 N–H and O–H groups in total. The van der Waals surface area contributed by atoms with Crippen molar-refractivity contribution in [2.24, 2.45) is 0 Å². The monoisotopic (exact) mass is 394 g/mol. The fourth-order valence-electron chi connectivity index (χ4n) is 3.61. The number of rotatable bonds is 3. The van der Waals surface area contributed by atoms with E-state index in [1.807, 2.05) is 40.0 Å². The fraction of sp³-hybridized carbons (Fsp3) is 0.476. The number of amides is 1. The molecule has 0 bridgehead atoms. The molecule has 4 rings (SSSR count). The Labute approximate surface area is 169 Å². The van der Waals surface area contributed by atoms with Gasteiger partial charge in [-0.05, 0) is 36.0 Å².